The van der Waals surface area contributed by atoms with E-state index in [1.807, 2.05) is 19.9 Å². The average molecular weight is 269 g/mol. The molecule has 0 aliphatic rings. The average Bonchev–Trinajstić information content (AvgIpc) is 2.34. The van der Waals surface area contributed by atoms with Crippen molar-refractivity contribution in [2.24, 2.45) is 0 Å². The van der Waals surface area contributed by atoms with Gasteiger partial charge in [0.25, 0.3) is 0 Å². The summed E-state index contributed by atoms with van der Waals surface area (Å²) in [5.41, 5.74) is 0.897. The van der Waals surface area contributed by atoms with Crippen LogP contribution >= 0.6 is 0 Å². The van der Waals surface area contributed by atoms with Crippen molar-refractivity contribution in [2.75, 3.05) is 19.8 Å². The lowest BCUT2D eigenvalue weighted by Gasteiger charge is -2.11. The van der Waals surface area contributed by atoms with Crippen LogP contribution in [-0.4, -0.2) is 25.9 Å². The zero-order chi connectivity index (χ0) is 14.1. The summed E-state index contributed by atoms with van der Waals surface area (Å²) in [5, 5.41) is 3.24. The Morgan fingerprint density at radius 3 is 2.68 bits per heavy atom. The maximum atomic E-state index is 13.4. The third kappa shape index (κ3) is 7.13. The quantitative estimate of drug-likeness (QED) is 0.699. The number of halogens is 1. The van der Waals surface area contributed by atoms with E-state index < -0.39 is 0 Å². The minimum Gasteiger partial charge on any atom is -0.491 e. The van der Waals surface area contributed by atoms with Crippen molar-refractivity contribution >= 4 is 0 Å². The number of benzene rings is 1. The maximum absolute atomic E-state index is 13.4. The molecule has 0 aliphatic heterocycles. The van der Waals surface area contributed by atoms with Gasteiger partial charge >= 0.3 is 0 Å². The molecule has 0 radical (unpaired) electrons. The summed E-state index contributed by atoms with van der Waals surface area (Å²) in [7, 11) is 0. The Balaban J connectivity index is 2.44. The Kier molecular flexibility index (Phi) is 7.45. The molecule has 1 aromatic rings. The summed E-state index contributed by atoms with van der Waals surface area (Å²) < 4.78 is 24.3. The van der Waals surface area contributed by atoms with E-state index >= 15 is 0 Å². The lowest BCUT2D eigenvalue weighted by atomic mass is 10.2. The molecule has 0 unspecified atom stereocenters. The first-order chi connectivity index (χ1) is 9.11. The van der Waals surface area contributed by atoms with E-state index in [0.717, 1.165) is 18.5 Å². The van der Waals surface area contributed by atoms with E-state index in [1.165, 1.54) is 12.1 Å². The summed E-state index contributed by atoms with van der Waals surface area (Å²) in [6.07, 6.45) is 1.25. The van der Waals surface area contributed by atoms with Crippen LogP contribution in [-0.2, 0) is 11.3 Å². The van der Waals surface area contributed by atoms with Gasteiger partial charge in [0.05, 0.1) is 12.7 Å². The fourth-order valence-electron chi connectivity index (χ4n) is 1.66. The second-order valence-corrected chi connectivity index (χ2v) is 4.74. The van der Waals surface area contributed by atoms with Crippen LogP contribution in [0, 0.1) is 5.82 Å². The molecular weight excluding hydrogens is 245 g/mol. The molecule has 1 N–H and O–H groups in total. The molecule has 3 nitrogen and oxygen atoms in total. The van der Waals surface area contributed by atoms with Crippen LogP contribution in [0.1, 0.15) is 32.8 Å². The first kappa shape index (κ1) is 15.9. The first-order valence-electron chi connectivity index (χ1n) is 6.86. The van der Waals surface area contributed by atoms with Crippen molar-refractivity contribution in [1.29, 1.82) is 0 Å². The molecule has 1 aromatic carbocycles. The van der Waals surface area contributed by atoms with Crippen LogP contribution in [0.5, 0.6) is 5.75 Å². The van der Waals surface area contributed by atoms with Crippen molar-refractivity contribution in [3.05, 3.63) is 29.6 Å². The highest BCUT2D eigenvalue weighted by Crippen LogP contribution is 2.16. The Bertz CT molecular complexity index is 369. The minimum absolute atomic E-state index is 0.185. The van der Waals surface area contributed by atoms with Crippen LogP contribution < -0.4 is 10.1 Å². The molecule has 0 heterocycles. The highest BCUT2D eigenvalue weighted by molar-refractivity contribution is 5.29. The van der Waals surface area contributed by atoms with Gasteiger partial charge in [-0.15, -0.1) is 0 Å². The van der Waals surface area contributed by atoms with E-state index in [0.29, 0.717) is 25.5 Å². The fourth-order valence-corrected chi connectivity index (χ4v) is 1.66. The van der Waals surface area contributed by atoms with Crippen molar-refractivity contribution in [3.8, 4) is 5.75 Å². The normalized spacial score (nSPS) is 11.0. The van der Waals surface area contributed by atoms with Gasteiger partial charge in [0, 0.05) is 12.6 Å². The molecule has 0 aromatic heterocycles. The van der Waals surface area contributed by atoms with Gasteiger partial charge in [0.1, 0.15) is 18.2 Å². The minimum atomic E-state index is -0.268. The van der Waals surface area contributed by atoms with Gasteiger partial charge in [0.15, 0.2) is 0 Å². The standard InChI is InChI=1S/C15H24FNO2/c1-4-5-17-11-13-8-14(16)10-15(9-13)19-7-6-18-12(2)3/h8-10,12,17H,4-7,11H2,1-3H3. The molecule has 0 amide bonds. The van der Waals surface area contributed by atoms with Crippen molar-refractivity contribution in [2.45, 2.75) is 39.8 Å². The highest BCUT2D eigenvalue weighted by Gasteiger charge is 2.02. The van der Waals surface area contributed by atoms with E-state index in [-0.39, 0.29) is 11.9 Å². The van der Waals surface area contributed by atoms with Gasteiger partial charge in [-0.3, -0.25) is 0 Å². The number of hydrogen-bond donors (Lipinski definition) is 1. The molecule has 0 spiro atoms. The number of hydrogen-bond acceptors (Lipinski definition) is 3. The van der Waals surface area contributed by atoms with Gasteiger partial charge < -0.3 is 14.8 Å². The largest absolute Gasteiger partial charge is 0.491 e. The van der Waals surface area contributed by atoms with Crippen LogP contribution in [0.4, 0.5) is 4.39 Å². The third-order valence-corrected chi connectivity index (χ3v) is 2.49. The van der Waals surface area contributed by atoms with Crippen LogP contribution in [0.15, 0.2) is 18.2 Å². The molecule has 0 atom stereocenters. The SMILES string of the molecule is CCCNCc1cc(F)cc(OCCOC(C)C)c1. The predicted octanol–water partition coefficient (Wildman–Crippen LogP) is 3.13. The predicted molar refractivity (Wildman–Crippen MR) is 75.0 cm³/mol. The molecule has 0 bridgehead atoms. The number of nitrogens with one attached hydrogen (secondary N) is 1. The monoisotopic (exact) mass is 269 g/mol. The molecule has 0 saturated carbocycles. The molecule has 0 aliphatic carbocycles. The maximum Gasteiger partial charge on any atom is 0.127 e. The zero-order valence-corrected chi connectivity index (χ0v) is 12.0. The molecule has 1 rings (SSSR count). The number of rotatable bonds is 9. The number of ether oxygens (including phenoxy) is 2. The van der Waals surface area contributed by atoms with Crippen LogP contribution in [0.2, 0.25) is 0 Å². The van der Waals surface area contributed by atoms with Crippen LogP contribution in [0.3, 0.4) is 0 Å². The summed E-state index contributed by atoms with van der Waals surface area (Å²) >= 11 is 0. The van der Waals surface area contributed by atoms with Crippen molar-refractivity contribution in [1.82, 2.24) is 5.32 Å². The Morgan fingerprint density at radius 1 is 1.21 bits per heavy atom. The third-order valence-electron chi connectivity index (χ3n) is 2.49. The second-order valence-electron chi connectivity index (χ2n) is 4.74. The second kappa shape index (κ2) is 8.88. The van der Waals surface area contributed by atoms with Gasteiger partial charge in [-0.05, 0) is 44.5 Å². The molecule has 19 heavy (non-hydrogen) atoms. The van der Waals surface area contributed by atoms with Gasteiger partial charge in [-0.25, -0.2) is 4.39 Å². The topological polar surface area (TPSA) is 30.5 Å². The van der Waals surface area contributed by atoms with Crippen LogP contribution in [0.25, 0.3) is 0 Å². The molecule has 0 saturated heterocycles. The summed E-state index contributed by atoms with van der Waals surface area (Å²) in [5.74, 6) is 0.288. The zero-order valence-electron chi connectivity index (χ0n) is 12.0. The lowest BCUT2D eigenvalue weighted by molar-refractivity contribution is 0.0552. The summed E-state index contributed by atoms with van der Waals surface area (Å²) in [4.78, 5) is 0. The Labute approximate surface area is 115 Å². The highest BCUT2D eigenvalue weighted by atomic mass is 19.1. The van der Waals surface area contributed by atoms with Gasteiger partial charge in [-0.2, -0.15) is 0 Å². The fraction of sp³-hybridized carbons (Fsp3) is 0.600. The van der Waals surface area contributed by atoms with Gasteiger partial charge in [0.2, 0.25) is 0 Å². The molecule has 0 fully saturated rings. The van der Waals surface area contributed by atoms with Crippen molar-refractivity contribution < 1.29 is 13.9 Å². The van der Waals surface area contributed by atoms with E-state index in [1.54, 1.807) is 0 Å². The van der Waals surface area contributed by atoms with E-state index in [9.17, 15) is 4.39 Å². The van der Waals surface area contributed by atoms with Crippen molar-refractivity contribution in [3.63, 3.8) is 0 Å². The molecular formula is C15H24FNO2. The molecule has 108 valence electrons. The summed E-state index contributed by atoms with van der Waals surface area (Å²) in [6.45, 7) is 8.57. The van der Waals surface area contributed by atoms with Gasteiger partial charge in [-0.1, -0.05) is 6.92 Å². The summed E-state index contributed by atoms with van der Waals surface area (Å²) in [6, 6.07) is 4.79. The smallest absolute Gasteiger partial charge is 0.127 e. The Hall–Kier alpha value is -1.13. The molecule has 4 heteroatoms. The lowest BCUT2D eigenvalue weighted by Crippen LogP contribution is -2.14. The van der Waals surface area contributed by atoms with E-state index in [4.69, 9.17) is 9.47 Å². The first-order valence-corrected chi connectivity index (χ1v) is 6.86. The Morgan fingerprint density at radius 2 is 2.00 bits per heavy atom. The van der Waals surface area contributed by atoms with E-state index in [2.05, 4.69) is 12.2 Å².